The van der Waals surface area contributed by atoms with Gasteiger partial charge in [-0.3, -0.25) is 9.59 Å². The zero-order chi connectivity index (χ0) is 18.0. The minimum atomic E-state index is -4.04. The van der Waals surface area contributed by atoms with Crippen LogP contribution < -0.4 is 15.2 Å². The van der Waals surface area contributed by atoms with Gasteiger partial charge in [-0.05, 0) is 18.2 Å². The number of hydrogen-bond donors (Lipinski definition) is 2. The number of nitrogens with zero attached hydrogens (tertiary/aromatic N) is 2. The molecule has 2 aromatic heterocycles. The lowest BCUT2D eigenvalue weighted by atomic mass is 10.3. The van der Waals surface area contributed by atoms with Crippen LogP contribution in [0.2, 0.25) is 0 Å². The van der Waals surface area contributed by atoms with Crippen molar-refractivity contribution in [3.8, 4) is 0 Å². The lowest BCUT2D eigenvalue weighted by molar-refractivity contribution is -0.118. The van der Waals surface area contributed by atoms with Crippen LogP contribution in [-0.4, -0.2) is 37.9 Å². The lowest BCUT2D eigenvalue weighted by Gasteiger charge is -2.15. The highest BCUT2D eigenvalue weighted by atomic mass is 32.2. The Bertz CT molecular complexity index is 1030. The van der Waals surface area contributed by atoms with Gasteiger partial charge in [0, 0.05) is 19.3 Å². The Hall–Kier alpha value is -2.72. The first-order valence-corrected chi connectivity index (χ1v) is 9.46. The SMILES string of the molecule is CN(CC(=O)NS(=O)(=O)c1ccc(=O)[nH]c1)c1nc2ccccc2s1. The van der Waals surface area contributed by atoms with Gasteiger partial charge in [0.2, 0.25) is 5.56 Å². The molecule has 0 spiro atoms. The molecule has 0 unspecified atom stereocenters. The highest BCUT2D eigenvalue weighted by Crippen LogP contribution is 2.27. The quantitative estimate of drug-likeness (QED) is 0.683. The lowest BCUT2D eigenvalue weighted by Crippen LogP contribution is -2.38. The number of rotatable bonds is 5. The normalized spacial score (nSPS) is 11.4. The minimum absolute atomic E-state index is 0.178. The van der Waals surface area contributed by atoms with E-state index in [2.05, 4.69) is 9.97 Å². The van der Waals surface area contributed by atoms with Gasteiger partial charge in [-0.15, -0.1) is 0 Å². The van der Waals surface area contributed by atoms with Crippen molar-refractivity contribution in [2.24, 2.45) is 0 Å². The monoisotopic (exact) mass is 378 g/mol. The third-order valence-corrected chi connectivity index (χ3v) is 5.83. The van der Waals surface area contributed by atoms with Crippen molar-refractivity contribution < 1.29 is 13.2 Å². The number of sulfonamides is 1. The third-order valence-electron chi connectivity index (χ3n) is 3.30. The molecule has 2 heterocycles. The number of likely N-dealkylation sites (N-methyl/N-ethyl adjacent to an activating group) is 1. The Morgan fingerprint density at radius 3 is 2.72 bits per heavy atom. The number of fused-ring (bicyclic) bond motifs is 1. The molecule has 0 fully saturated rings. The first kappa shape index (κ1) is 17.1. The zero-order valence-electron chi connectivity index (χ0n) is 13.1. The van der Waals surface area contributed by atoms with Gasteiger partial charge in [0.1, 0.15) is 4.90 Å². The Labute approximate surface area is 147 Å². The zero-order valence-corrected chi connectivity index (χ0v) is 14.7. The number of nitrogens with one attached hydrogen (secondary N) is 2. The van der Waals surface area contributed by atoms with Crippen LogP contribution in [0.5, 0.6) is 0 Å². The van der Waals surface area contributed by atoms with E-state index in [1.807, 2.05) is 29.0 Å². The molecule has 0 saturated carbocycles. The second-order valence-corrected chi connectivity index (χ2v) is 7.93. The maximum atomic E-state index is 12.1. The van der Waals surface area contributed by atoms with E-state index >= 15 is 0 Å². The number of thiazole rings is 1. The van der Waals surface area contributed by atoms with E-state index in [1.54, 1.807) is 11.9 Å². The van der Waals surface area contributed by atoms with Gasteiger partial charge in [0.15, 0.2) is 5.13 Å². The molecule has 1 amide bonds. The fraction of sp³-hybridized carbons (Fsp3) is 0.133. The Kier molecular flexibility index (Phi) is 4.55. The molecule has 0 saturated heterocycles. The summed E-state index contributed by atoms with van der Waals surface area (Å²) in [6, 6.07) is 9.76. The second kappa shape index (κ2) is 6.65. The Morgan fingerprint density at radius 2 is 2.04 bits per heavy atom. The van der Waals surface area contributed by atoms with Gasteiger partial charge in [-0.2, -0.15) is 0 Å². The topological polar surface area (TPSA) is 112 Å². The summed E-state index contributed by atoms with van der Waals surface area (Å²) in [5.74, 6) is -0.701. The Morgan fingerprint density at radius 1 is 1.28 bits per heavy atom. The standard InChI is InChI=1S/C15H14N4O4S2/c1-19(15-17-11-4-2-3-5-12(11)24-15)9-14(21)18-25(22,23)10-6-7-13(20)16-8-10/h2-8H,9H2,1H3,(H,16,20)(H,18,21). The first-order valence-electron chi connectivity index (χ1n) is 7.16. The fourth-order valence-corrected chi connectivity index (χ4v) is 3.98. The van der Waals surface area contributed by atoms with Gasteiger partial charge in [-0.1, -0.05) is 23.5 Å². The molecule has 3 rings (SSSR count). The molecule has 0 aliphatic heterocycles. The van der Waals surface area contributed by atoms with Crippen molar-refractivity contribution in [2.75, 3.05) is 18.5 Å². The van der Waals surface area contributed by atoms with Gasteiger partial charge >= 0.3 is 0 Å². The number of H-pyrrole nitrogens is 1. The van der Waals surface area contributed by atoms with Crippen LogP contribution in [0, 0.1) is 0 Å². The number of hydrogen-bond acceptors (Lipinski definition) is 7. The molecule has 0 aliphatic rings. The van der Waals surface area contributed by atoms with E-state index in [-0.39, 0.29) is 11.4 Å². The summed E-state index contributed by atoms with van der Waals surface area (Å²) in [5, 5.41) is 0.609. The molecule has 130 valence electrons. The summed E-state index contributed by atoms with van der Waals surface area (Å²) in [6.07, 6.45) is 1.04. The van der Waals surface area contributed by atoms with Crippen LogP contribution in [0.3, 0.4) is 0 Å². The van der Waals surface area contributed by atoms with Gasteiger partial charge < -0.3 is 9.88 Å². The number of amides is 1. The molecular formula is C15H14N4O4S2. The maximum Gasteiger partial charge on any atom is 0.265 e. The molecule has 0 bridgehead atoms. The van der Waals surface area contributed by atoms with Gasteiger partial charge in [0.25, 0.3) is 15.9 Å². The van der Waals surface area contributed by atoms with Crippen molar-refractivity contribution in [3.63, 3.8) is 0 Å². The van der Waals surface area contributed by atoms with E-state index < -0.39 is 21.5 Å². The number of pyridine rings is 1. The second-order valence-electron chi connectivity index (χ2n) is 5.24. The minimum Gasteiger partial charge on any atom is -0.342 e. The maximum absolute atomic E-state index is 12.1. The summed E-state index contributed by atoms with van der Waals surface area (Å²) in [7, 11) is -2.39. The van der Waals surface area contributed by atoms with Crippen molar-refractivity contribution >= 4 is 42.6 Å². The largest absolute Gasteiger partial charge is 0.342 e. The van der Waals surface area contributed by atoms with Crippen LogP contribution in [0.4, 0.5) is 5.13 Å². The summed E-state index contributed by atoms with van der Waals surface area (Å²) in [6.45, 7) is -0.178. The molecule has 25 heavy (non-hydrogen) atoms. The van der Waals surface area contributed by atoms with Crippen LogP contribution in [-0.2, 0) is 14.8 Å². The van der Waals surface area contributed by atoms with Crippen LogP contribution in [0.1, 0.15) is 0 Å². The molecular weight excluding hydrogens is 364 g/mol. The summed E-state index contributed by atoms with van der Waals surface area (Å²) in [5.41, 5.74) is 0.386. The first-order chi connectivity index (χ1) is 11.8. The molecule has 0 aliphatic carbocycles. The average Bonchev–Trinajstić information content (AvgIpc) is 2.99. The van der Waals surface area contributed by atoms with E-state index in [9.17, 15) is 18.0 Å². The predicted molar refractivity (Wildman–Crippen MR) is 95.3 cm³/mol. The van der Waals surface area contributed by atoms with Crippen LogP contribution >= 0.6 is 11.3 Å². The Balaban J connectivity index is 1.71. The van der Waals surface area contributed by atoms with Gasteiger partial charge in [-0.25, -0.2) is 18.1 Å². The van der Waals surface area contributed by atoms with Crippen molar-refractivity contribution in [3.05, 3.63) is 52.9 Å². The third kappa shape index (κ3) is 3.86. The van der Waals surface area contributed by atoms with E-state index in [1.165, 1.54) is 11.3 Å². The number of benzene rings is 1. The molecule has 2 N–H and O–H groups in total. The molecule has 3 aromatic rings. The molecule has 8 nitrogen and oxygen atoms in total. The molecule has 1 aromatic carbocycles. The van der Waals surface area contributed by atoms with Crippen molar-refractivity contribution in [1.29, 1.82) is 0 Å². The number of carbonyl (C=O) groups excluding carboxylic acids is 1. The highest BCUT2D eigenvalue weighted by Gasteiger charge is 2.19. The molecule has 10 heteroatoms. The summed E-state index contributed by atoms with van der Waals surface area (Å²) >= 11 is 1.41. The van der Waals surface area contributed by atoms with E-state index in [4.69, 9.17) is 0 Å². The average molecular weight is 378 g/mol. The highest BCUT2D eigenvalue weighted by molar-refractivity contribution is 7.90. The smallest absolute Gasteiger partial charge is 0.265 e. The van der Waals surface area contributed by atoms with Crippen molar-refractivity contribution in [1.82, 2.24) is 14.7 Å². The van der Waals surface area contributed by atoms with Crippen LogP contribution in [0.15, 0.2) is 52.3 Å². The number of aromatic amines is 1. The van der Waals surface area contributed by atoms with Crippen LogP contribution in [0.25, 0.3) is 10.2 Å². The summed E-state index contributed by atoms with van der Waals surface area (Å²) < 4.78 is 27.2. The molecule has 0 radical (unpaired) electrons. The number of para-hydroxylation sites is 1. The predicted octanol–water partition coefficient (Wildman–Crippen LogP) is 0.926. The van der Waals surface area contributed by atoms with Crippen molar-refractivity contribution in [2.45, 2.75) is 4.90 Å². The molecule has 0 atom stereocenters. The number of anilines is 1. The number of carbonyl (C=O) groups is 1. The summed E-state index contributed by atoms with van der Waals surface area (Å²) in [4.78, 5) is 31.1. The fourth-order valence-electron chi connectivity index (χ4n) is 2.11. The van der Waals surface area contributed by atoms with Gasteiger partial charge in [0.05, 0.1) is 16.8 Å². The van der Waals surface area contributed by atoms with E-state index in [0.29, 0.717) is 5.13 Å². The number of aromatic nitrogens is 2. The van der Waals surface area contributed by atoms with E-state index in [0.717, 1.165) is 28.5 Å².